The van der Waals surface area contributed by atoms with Crippen LogP contribution in [0, 0.1) is 6.92 Å². The van der Waals surface area contributed by atoms with E-state index in [0.717, 1.165) is 18.4 Å². The average Bonchev–Trinajstić information content (AvgIpc) is 3.27. The Balaban J connectivity index is 1.75. The van der Waals surface area contributed by atoms with Gasteiger partial charge >= 0.3 is 0 Å². The van der Waals surface area contributed by atoms with Crippen LogP contribution in [0.3, 0.4) is 0 Å². The van der Waals surface area contributed by atoms with Crippen LogP contribution < -0.4 is 15.4 Å². The number of nitrogens with one attached hydrogen (secondary N) is 2. The summed E-state index contributed by atoms with van der Waals surface area (Å²) in [5.41, 5.74) is 1.94. The predicted octanol–water partition coefficient (Wildman–Crippen LogP) is 3.88. The van der Waals surface area contributed by atoms with Gasteiger partial charge in [-0.05, 0) is 62.6 Å². The second kappa shape index (κ2) is 9.68. The van der Waals surface area contributed by atoms with Crippen LogP contribution in [-0.2, 0) is 14.8 Å². The quantitative estimate of drug-likeness (QED) is 0.635. The normalized spacial score (nSPS) is 14.5. The zero-order valence-electron chi connectivity index (χ0n) is 17.1. The zero-order valence-corrected chi connectivity index (χ0v) is 18.6. The predicted molar refractivity (Wildman–Crippen MR) is 119 cm³/mol. The third kappa shape index (κ3) is 5.06. The number of halogens is 1. The summed E-state index contributed by atoms with van der Waals surface area (Å²) in [5, 5.41) is 6.37. The maximum Gasteiger partial charge on any atom is 0.246 e. The summed E-state index contributed by atoms with van der Waals surface area (Å²) in [6.07, 6.45) is 1.70. The number of sulfonamides is 1. The minimum Gasteiger partial charge on any atom is -0.492 e. The smallest absolute Gasteiger partial charge is 0.246 e. The highest BCUT2D eigenvalue weighted by Gasteiger charge is 2.30. The molecule has 162 valence electrons. The molecule has 0 aliphatic carbocycles. The van der Waals surface area contributed by atoms with Crippen LogP contribution in [0.2, 0.25) is 5.02 Å². The molecule has 1 fully saturated rings. The van der Waals surface area contributed by atoms with Gasteiger partial charge in [-0.3, -0.25) is 4.79 Å². The van der Waals surface area contributed by atoms with E-state index in [-0.39, 0.29) is 17.3 Å². The summed E-state index contributed by atoms with van der Waals surface area (Å²) in [5.74, 6) is 0.0483. The molecule has 1 heterocycles. The molecule has 0 spiro atoms. The summed E-state index contributed by atoms with van der Waals surface area (Å²) < 4.78 is 33.1. The highest BCUT2D eigenvalue weighted by atomic mass is 35.5. The second-order valence-electron chi connectivity index (χ2n) is 7.02. The Bertz CT molecular complexity index is 1020. The van der Waals surface area contributed by atoms with Crippen molar-refractivity contribution < 1.29 is 17.9 Å². The van der Waals surface area contributed by atoms with Crippen molar-refractivity contribution in [1.29, 1.82) is 0 Å². The molecule has 1 aliphatic rings. The van der Waals surface area contributed by atoms with E-state index in [1.807, 2.05) is 6.92 Å². The van der Waals surface area contributed by atoms with Gasteiger partial charge in [-0.1, -0.05) is 17.7 Å². The van der Waals surface area contributed by atoms with Crippen LogP contribution >= 0.6 is 11.6 Å². The molecule has 0 unspecified atom stereocenters. The first-order chi connectivity index (χ1) is 14.3. The molecular weight excluding hydrogens is 426 g/mol. The Hall–Kier alpha value is -2.29. The topological polar surface area (TPSA) is 87.7 Å². The van der Waals surface area contributed by atoms with Gasteiger partial charge in [0.25, 0.3) is 0 Å². The van der Waals surface area contributed by atoms with Gasteiger partial charge in [0.2, 0.25) is 15.9 Å². The van der Waals surface area contributed by atoms with Gasteiger partial charge in [0.05, 0.1) is 13.2 Å². The first-order valence-electron chi connectivity index (χ1n) is 9.88. The van der Waals surface area contributed by atoms with E-state index >= 15 is 0 Å². The lowest BCUT2D eigenvalue weighted by Gasteiger charge is -2.19. The molecule has 1 amide bonds. The minimum atomic E-state index is -3.66. The number of ether oxygens (including phenoxy) is 1. The highest BCUT2D eigenvalue weighted by molar-refractivity contribution is 7.89. The number of anilines is 2. The van der Waals surface area contributed by atoms with Crippen molar-refractivity contribution in [2.45, 2.75) is 31.6 Å². The molecule has 0 radical (unpaired) electrons. The van der Waals surface area contributed by atoms with E-state index in [2.05, 4.69) is 10.6 Å². The average molecular weight is 452 g/mol. The molecule has 2 aromatic carbocycles. The van der Waals surface area contributed by atoms with Gasteiger partial charge in [0.1, 0.15) is 10.6 Å². The number of carbonyl (C=O) groups excluding carboxylic acids is 1. The van der Waals surface area contributed by atoms with Crippen molar-refractivity contribution in [3.8, 4) is 5.75 Å². The third-order valence-electron chi connectivity index (χ3n) is 4.92. The van der Waals surface area contributed by atoms with E-state index in [1.54, 1.807) is 37.3 Å². The number of amides is 1. The summed E-state index contributed by atoms with van der Waals surface area (Å²) in [4.78, 5) is 12.5. The Labute approximate surface area is 182 Å². The summed E-state index contributed by atoms with van der Waals surface area (Å²) in [7, 11) is -3.66. The van der Waals surface area contributed by atoms with Crippen LogP contribution in [0.4, 0.5) is 11.4 Å². The van der Waals surface area contributed by atoms with Crippen molar-refractivity contribution in [2.24, 2.45) is 0 Å². The van der Waals surface area contributed by atoms with E-state index in [9.17, 15) is 13.2 Å². The Morgan fingerprint density at radius 2 is 1.93 bits per heavy atom. The number of benzene rings is 2. The number of rotatable bonds is 8. The fourth-order valence-corrected chi connectivity index (χ4v) is 5.13. The molecule has 7 nitrogen and oxygen atoms in total. The standard InChI is InChI=1S/C21H26ClN3O4S/c1-3-29-19-10-9-16(13-20(19)30(27,28)25-11-4-5-12-25)23-14-21(26)24-18-8-6-7-17(22)15(18)2/h6-10,13,23H,3-5,11-12,14H2,1-2H3,(H,24,26). The van der Waals surface area contributed by atoms with Gasteiger partial charge in [0, 0.05) is 29.5 Å². The van der Waals surface area contributed by atoms with Crippen molar-refractivity contribution in [1.82, 2.24) is 4.31 Å². The first-order valence-corrected chi connectivity index (χ1v) is 11.7. The molecule has 30 heavy (non-hydrogen) atoms. The number of hydrogen-bond donors (Lipinski definition) is 2. The minimum absolute atomic E-state index is 0.0247. The van der Waals surface area contributed by atoms with Gasteiger partial charge in [-0.15, -0.1) is 0 Å². The Morgan fingerprint density at radius 3 is 2.63 bits per heavy atom. The molecule has 9 heteroatoms. The van der Waals surface area contributed by atoms with E-state index in [1.165, 1.54) is 10.4 Å². The van der Waals surface area contributed by atoms with Crippen LogP contribution in [0.15, 0.2) is 41.3 Å². The molecule has 0 bridgehead atoms. The summed E-state index contributed by atoms with van der Waals surface area (Å²) in [6, 6.07) is 10.1. The molecule has 0 aromatic heterocycles. The van der Waals surface area contributed by atoms with E-state index < -0.39 is 10.0 Å². The van der Waals surface area contributed by atoms with Gasteiger partial charge in [0.15, 0.2) is 0 Å². The fraction of sp³-hybridized carbons (Fsp3) is 0.381. The molecule has 1 aliphatic heterocycles. The molecule has 1 saturated heterocycles. The fourth-order valence-electron chi connectivity index (χ4n) is 3.28. The second-order valence-corrected chi connectivity index (χ2v) is 9.33. The highest BCUT2D eigenvalue weighted by Crippen LogP contribution is 2.31. The van der Waals surface area contributed by atoms with Crippen molar-refractivity contribution in [3.05, 3.63) is 47.0 Å². The Kier molecular flexibility index (Phi) is 7.23. The number of nitrogens with zero attached hydrogens (tertiary/aromatic N) is 1. The van der Waals surface area contributed by atoms with Crippen LogP contribution in [0.5, 0.6) is 5.75 Å². The maximum atomic E-state index is 13.1. The van der Waals surface area contributed by atoms with Crippen molar-refractivity contribution >= 4 is 38.9 Å². The molecule has 2 N–H and O–H groups in total. The lowest BCUT2D eigenvalue weighted by Crippen LogP contribution is -2.28. The van der Waals surface area contributed by atoms with Gasteiger partial charge in [-0.25, -0.2) is 8.42 Å². The van der Waals surface area contributed by atoms with Gasteiger partial charge in [-0.2, -0.15) is 4.31 Å². The number of hydrogen-bond acceptors (Lipinski definition) is 5. The third-order valence-corrected chi connectivity index (χ3v) is 7.25. The summed E-state index contributed by atoms with van der Waals surface area (Å²) in [6.45, 7) is 4.98. The van der Waals surface area contributed by atoms with Gasteiger partial charge < -0.3 is 15.4 Å². The zero-order chi connectivity index (χ0) is 21.7. The van der Waals surface area contributed by atoms with Crippen molar-refractivity contribution in [3.63, 3.8) is 0 Å². The Morgan fingerprint density at radius 1 is 1.20 bits per heavy atom. The van der Waals surface area contributed by atoms with Crippen molar-refractivity contribution in [2.75, 3.05) is 36.9 Å². The number of carbonyl (C=O) groups is 1. The molecule has 0 atom stereocenters. The molecule has 0 saturated carbocycles. The lowest BCUT2D eigenvalue weighted by atomic mass is 10.2. The van der Waals surface area contributed by atoms with Crippen LogP contribution in [0.25, 0.3) is 0 Å². The monoisotopic (exact) mass is 451 g/mol. The molecule has 2 aromatic rings. The molecule has 3 rings (SSSR count). The van der Waals surface area contributed by atoms with E-state index in [0.29, 0.717) is 41.8 Å². The maximum absolute atomic E-state index is 13.1. The molecular formula is C21H26ClN3O4S. The largest absolute Gasteiger partial charge is 0.492 e. The SMILES string of the molecule is CCOc1ccc(NCC(=O)Nc2cccc(Cl)c2C)cc1S(=O)(=O)N1CCCC1. The lowest BCUT2D eigenvalue weighted by molar-refractivity contribution is -0.114. The van der Waals surface area contributed by atoms with E-state index in [4.69, 9.17) is 16.3 Å². The summed E-state index contributed by atoms with van der Waals surface area (Å²) >= 11 is 6.09. The van der Waals surface area contributed by atoms with Crippen LogP contribution in [0.1, 0.15) is 25.3 Å². The van der Waals surface area contributed by atoms with Crippen LogP contribution in [-0.4, -0.2) is 44.9 Å². The first kappa shape index (κ1) is 22.4.